The van der Waals surface area contributed by atoms with Crippen LogP contribution in [0.3, 0.4) is 0 Å². The van der Waals surface area contributed by atoms with Gasteiger partial charge in [0.2, 0.25) is 5.91 Å². The van der Waals surface area contributed by atoms with E-state index < -0.39 is 16.1 Å². The standard InChI is InChI=1S/C30H31N5O4.C2H6O3S/c1-33-14-16-35(17-15-33)19-26(36)34(2)23-11-9-22(10-12-23)31-28(20-6-4-3-5-7-20)27-24-13-8-21(30(38)39)18-25(24)32-29(27)37;1-2-6(3,4)5/h3-13,18,31H,14-17,19H2,1-2H3,(H,32,37)(H,38,39);2H2,1H3,(H,3,4,5)/b28-27-;. The molecule has 3 aromatic carbocycles. The van der Waals surface area contributed by atoms with Crippen molar-refractivity contribution in [2.75, 3.05) is 68.1 Å². The van der Waals surface area contributed by atoms with Crippen molar-refractivity contribution in [1.29, 1.82) is 0 Å². The molecule has 1 fully saturated rings. The molecule has 0 saturated carbocycles. The van der Waals surface area contributed by atoms with Crippen molar-refractivity contribution in [3.63, 3.8) is 0 Å². The Hall–Kier alpha value is -4.56. The second kappa shape index (κ2) is 14.5. The van der Waals surface area contributed by atoms with Gasteiger partial charge in [-0.2, -0.15) is 8.42 Å². The molecule has 4 N–H and O–H groups in total. The largest absolute Gasteiger partial charge is 0.478 e. The van der Waals surface area contributed by atoms with E-state index in [-0.39, 0.29) is 23.1 Å². The van der Waals surface area contributed by atoms with Crippen LogP contribution in [0.15, 0.2) is 72.8 Å². The molecular weight excluding hydrogens is 598 g/mol. The number of carboxylic acid groups (broad SMARTS) is 1. The minimum absolute atomic E-state index is 0.0346. The number of carbonyl (C=O) groups excluding carboxylic acids is 2. The van der Waals surface area contributed by atoms with Gasteiger partial charge < -0.3 is 25.5 Å². The van der Waals surface area contributed by atoms with Crippen molar-refractivity contribution in [2.45, 2.75) is 6.92 Å². The second-order valence-electron chi connectivity index (χ2n) is 10.7. The fourth-order valence-corrected chi connectivity index (χ4v) is 4.80. The molecule has 3 aromatic rings. The number of carboxylic acids is 1. The lowest BCUT2D eigenvalue weighted by molar-refractivity contribution is -0.119. The molecule has 12 nitrogen and oxygen atoms in total. The third-order valence-corrected chi connectivity index (χ3v) is 8.27. The fourth-order valence-electron chi connectivity index (χ4n) is 4.80. The summed E-state index contributed by atoms with van der Waals surface area (Å²) in [5.74, 6) is -1.54. The fraction of sp³-hybridized carbons (Fsp3) is 0.281. The highest BCUT2D eigenvalue weighted by Gasteiger charge is 2.29. The van der Waals surface area contributed by atoms with Crippen molar-refractivity contribution in [3.8, 4) is 0 Å². The van der Waals surface area contributed by atoms with E-state index >= 15 is 0 Å². The summed E-state index contributed by atoms with van der Waals surface area (Å²) < 4.78 is 26.9. The van der Waals surface area contributed by atoms with E-state index in [9.17, 15) is 27.9 Å². The van der Waals surface area contributed by atoms with Crippen LogP contribution in [-0.2, 0) is 19.7 Å². The highest BCUT2D eigenvalue weighted by Crippen LogP contribution is 2.38. The Labute approximate surface area is 262 Å². The number of hydrogen-bond acceptors (Lipinski definition) is 8. The smallest absolute Gasteiger partial charge is 0.335 e. The zero-order chi connectivity index (χ0) is 32.7. The van der Waals surface area contributed by atoms with E-state index in [4.69, 9.17) is 4.55 Å². The molecule has 0 aromatic heterocycles. The molecule has 0 spiro atoms. The van der Waals surface area contributed by atoms with Crippen LogP contribution in [0, 0.1) is 0 Å². The van der Waals surface area contributed by atoms with Gasteiger partial charge in [0.15, 0.2) is 0 Å². The van der Waals surface area contributed by atoms with Gasteiger partial charge in [-0.25, -0.2) is 4.79 Å². The summed E-state index contributed by atoms with van der Waals surface area (Å²) in [6, 6.07) is 21.6. The van der Waals surface area contributed by atoms with Gasteiger partial charge in [0.05, 0.1) is 34.8 Å². The van der Waals surface area contributed by atoms with E-state index in [0.717, 1.165) is 43.1 Å². The van der Waals surface area contributed by atoms with Crippen molar-refractivity contribution >= 4 is 56.2 Å². The molecule has 0 unspecified atom stereocenters. The molecule has 5 rings (SSSR count). The molecule has 0 radical (unpaired) electrons. The van der Waals surface area contributed by atoms with E-state index in [1.807, 2.05) is 54.6 Å². The summed E-state index contributed by atoms with van der Waals surface area (Å²) in [6.07, 6.45) is 0. The Bertz CT molecular complexity index is 1680. The average molecular weight is 636 g/mol. The number of nitrogens with zero attached hydrogens (tertiary/aromatic N) is 3. The first kappa shape index (κ1) is 33.3. The van der Waals surface area contributed by atoms with Crippen LogP contribution in [0.4, 0.5) is 17.1 Å². The Balaban J connectivity index is 0.000000700. The Morgan fingerprint density at radius 2 is 1.58 bits per heavy atom. The number of aromatic carboxylic acids is 1. The summed E-state index contributed by atoms with van der Waals surface area (Å²) in [7, 11) is 0.209. The maximum atomic E-state index is 13.1. The first-order valence-corrected chi connectivity index (χ1v) is 16.0. The number of piperazine rings is 1. The van der Waals surface area contributed by atoms with E-state index in [1.54, 1.807) is 18.0 Å². The summed E-state index contributed by atoms with van der Waals surface area (Å²) in [4.78, 5) is 43.5. The lowest BCUT2D eigenvalue weighted by Gasteiger charge is -2.32. The van der Waals surface area contributed by atoms with Crippen LogP contribution in [0.1, 0.15) is 28.4 Å². The third kappa shape index (κ3) is 8.76. The maximum Gasteiger partial charge on any atom is 0.335 e. The average Bonchev–Trinajstić information content (AvgIpc) is 3.35. The SMILES string of the molecule is CCS(=O)(=O)O.CN1CCN(CC(=O)N(C)c2ccc(N/C(=C3\C(=O)Nc4cc(C(=O)O)ccc43)c3ccccc3)cc2)CC1. The number of anilines is 3. The van der Waals surface area contributed by atoms with Crippen LogP contribution < -0.4 is 15.5 Å². The third-order valence-electron chi connectivity index (χ3n) is 7.54. The summed E-state index contributed by atoms with van der Waals surface area (Å²) >= 11 is 0. The molecule has 2 amide bonds. The zero-order valence-corrected chi connectivity index (χ0v) is 26.2. The minimum atomic E-state index is -3.66. The molecule has 45 heavy (non-hydrogen) atoms. The van der Waals surface area contributed by atoms with E-state index in [0.29, 0.717) is 29.1 Å². The molecule has 2 aliphatic rings. The molecular formula is C32H37N5O7S. The van der Waals surface area contributed by atoms with Gasteiger partial charge in [0, 0.05) is 50.2 Å². The molecule has 0 aliphatic carbocycles. The lowest BCUT2D eigenvalue weighted by atomic mass is 9.99. The minimum Gasteiger partial charge on any atom is -0.478 e. The molecule has 2 heterocycles. The topological polar surface area (TPSA) is 160 Å². The first-order valence-electron chi connectivity index (χ1n) is 14.3. The van der Waals surface area contributed by atoms with Gasteiger partial charge in [-0.15, -0.1) is 0 Å². The van der Waals surface area contributed by atoms with E-state index in [2.05, 4.69) is 27.5 Å². The number of nitrogens with one attached hydrogen (secondary N) is 2. The predicted molar refractivity (Wildman–Crippen MR) is 175 cm³/mol. The monoisotopic (exact) mass is 635 g/mol. The van der Waals surface area contributed by atoms with Crippen molar-refractivity contribution < 1.29 is 32.5 Å². The summed E-state index contributed by atoms with van der Waals surface area (Å²) in [5.41, 5.74) is 4.54. The molecule has 1 saturated heterocycles. The van der Waals surface area contributed by atoms with Crippen molar-refractivity contribution in [3.05, 3.63) is 89.5 Å². The Morgan fingerprint density at radius 3 is 2.16 bits per heavy atom. The number of benzene rings is 3. The Kier molecular flexibility index (Phi) is 10.7. The normalized spacial score (nSPS) is 16.1. The molecule has 0 bridgehead atoms. The number of rotatable bonds is 8. The zero-order valence-electron chi connectivity index (χ0n) is 25.4. The predicted octanol–water partition coefficient (Wildman–Crippen LogP) is 3.42. The first-order chi connectivity index (χ1) is 21.4. The highest BCUT2D eigenvalue weighted by molar-refractivity contribution is 7.85. The van der Waals surface area contributed by atoms with Crippen molar-refractivity contribution in [1.82, 2.24) is 9.80 Å². The molecule has 0 atom stereocenters. The summed E-state index contributed by atoms with van der Waals surface area (Å²) in [6.45, 7) is 5.43. The van der Waals surface area contributed by atoms with Crippen LogP contribution in [-0.4, -0.2) is 98.2 Å². The second-order valence-corrected chi connectivity index (χ2v) is 12.5. The van der Waals surface area contributed by atoms with Crippen LogP contribution >= 0.6 is 0 Å². The maximum absolute atomic E-state index is 13.1. The number of hydrogen-bond donors (Lipinski definition) is 4. The van der Waals surface area contributed by atoms with Crippen LogP contribution in [0.2, 0.25) is 0 Å². The number of carbonyl (C=O) groups is 3. The van der Waals surface area contributed by atoms with Gasteiger partial charge in [0.1, 0.15) is 0 Å². The quantitative estimate of drug-likeness (QED) is 0.213. The van der Waals surface area contributed by atoms with E-state index in [1.165, 1.54) is 19.1 Å². The van der Waals surface area contributed by atoms with Gasteiger partial charge in [0.25, 0.3) is 16.0 Å². The number of amides is 2. The van der Waals surface area contributed by atoms with Crippen LogP contribution in [0.25, 0.3) is 11.3 Å². The number of fused-ring (bicyclic) bond motifs is 1. The summed E-state index contributed by atoms with van der Waals surface area (Å²) in [5, 5.41) is 15.5. The van der Waals surface area contributed by atoms with Gasteiger partial charge in [-0.3, -0.25) is 19.0 Å². The number of likely N-dealkylation sites (N-methyl/N-ethyl adjacent to an activating group) is 2. The highest BCUT2D eigenvalue weighted by atomic mass is 32.2. The van der Waals surface area contributed by atoms with Crippen molar-refractivity contribution in [2.24, 2.45) is 0 Å². The van der Waals surface area contributed by atoms with Gasteiger partial charge >= 0.3 is 5.97 Å². The molecule has 13 heteroatoms. The van der Waals surface area contributed by atoms with Gasteiger partial charge in [-0.05, 0) is 55.9 Å². The van der Waals surface area contributed by atoms with Crippen LogP contribution in [0.5, 0.6) is 0 Å². The Morgan fingerprint density at radius 1 is 0.956 bits per heavy atom. The van der Waals surface area contributed by atoms with Gasteiger partial charge in [-0.1, -0.05) is 36.4 Å². The molecule has 238 valence electrons. The lowest BCUT2D eigenvalue weighted by Crippen LogP contribution is -2.48. The molecule has 2 aliphatic heterocycles.